The van der Waals surface area contributed by atoms with Crippen molar-refractivity contribution in [1.29, 1.82) is 0 Å². The summed E-state index contributed by atoms with van der Waals surface area (Å²) >= 11 is 1.15. The average Bonchev–Trinajstić information content (AvgIpc) is 3.12. The molecule has 8 nitrogen and oxygen atoms in total. The van der Waals surface area contributed by atoms with Gasteiger partial charge in [0.15, 0.2) is 9.84 Å². The van der Waals surface area contributed by atoms with E-state index in [1.807, 2.05) is 31.2 Å². The first-order valence-corrected chi connectivity index (χ1v) is 10.1. The van der Waals surface area contributed by atoms with Crippen LogP contribution in [0.5, 0.6) is 0 Å². The van der Waals surface area contributed by atoms with Crippen molar-refractivity contribution in [3.8, 4) is 5.69 Å². The van der Waals surface area contributed by atoms with E-state index in [-0.39, 0.29) is 17.3 Å². The highest BCUT2D eigenvalue weighted by atomic mass is 32.2. The van der Waals surface area contributed by atoms with Crippen molar-refractivity contribution >= 4 is 27.6 Å². The molecule has 0 amide bonds. The molecule has 2 aromatic rings. The normalized spacial score (nSPS) is 19.3. The van der Waals surface area contributed by atoms with E-state index >= 15 is 0 Å². The van der Waals surface area contributed by atoms with E-state index in [2.05, 4.69) is 15.5 Å². The van der Waals surface area contributed by atoms with Crippen LogP contribution in [0.3, 0.4) is 0 Å². The van der Waals surface area contributed by atoms with Gasteiger partial charge in [-0.1, -0.05) is 30.0 Å². The molecule has 1 aliphatic heterocycles. The number of thioether (sulfide) groups is 1. The van der Waals surface area contributed by atoms with E-state index < -0.39 is 21.9 Å². The van der Waals surface area contributed by atoms with Gasteiger partial charge in [0.2, 0.25) is 5.16 Å². The maximum Gasteiger partial charge on any atom is 0.316 e. The lowest BCUT2D eigenvalue weighted by molar-refractivity contribution is -0.144. The first-order valence-electron chi connectivity index (χ1n) is 7.32. The highest BCUT2D eigenvalue weighted by Crippen LogP contribution is 2.21. The molecule has 1 aromatic carbocycles. The Morgan fingerprint density at radius 1 is 1.42 bits per heavy atom. The highest BCUT2D eigenvalue weighted by molar-refractivity contribution is 7.99. The summed E-state index contributed by atoms with van der Waals surface area (Å²) in [5.41, 5.74) is 1.84. The maximum atomic E-state index is 11.9. The third-order valence-corrected chi connectivity index (χ3v) is 6.22. The van der Waals surface area contributed by atoms with Gasteiger partial charge in [0, 0.05) is 0 Å². The number of para-hydroxylation sites is 1. The summed E-state index contributed by atoms with van der Waals surface area (Å²) in [5.74, 6) is -0.474. The van der Waals surface area contributed by atoms with E-state index in [1.165, 1.54) is 0 Å². The van der Waals surface area contributed by atoms with Gasteiger partial charge in [0.25, 0.3) is 0 Å². The second kappa shape index (κ2) is 6.89. The van der Waals surface area contributed by atoms with Crippen LogP contribution in [0.15, 0.2) is 29.4 Å². The quantitative estimate of drug-likeness (QED) is 0.564. The Bertz CT molecular complexity index is 850. The van der Waals surface area contributed by atoms with Crippen LogP contribution in [0, 0.1) is 6.92 Å². The number of carbonyl (C=O) groups is 1. The second-order valence-corrected chi connectivity index (χ2v) is 8.63. The molecule has 0 unspecified atom stereocenters. The predicted octanol–water partition coefficient (Wildman–Crippen LogP) is 0.793. The lowest BCUT2D eigenvalue weighted by Gasteiger charge is -2.10. The smallest absolute Gasteiger partial charge is 0.316 e. The fraction of sp³-hybridized carbons (Fsp3) is 0.429. The monoisotopic (exact) mass is 368 g/mol. The Morgan fingerprint density at radius 2 is 2.21 bits per heavy atom. The molecule has 1 saturated heterocycles. The summed E-state index contributed by atoms with van der Waals surface area (Å²) in [6.07, 6.45) is -0.185. The number of tetrazole rings is 1. The second-order valence-electron chi connectivity index (χ2n) is 5.46. The van der Waals surface area contributed by atoms with Crippen molar-refractivity contribution in [2.24, 2.45) is 0 Å². The van der Waals surface area contributed by atoms with Crippen molar-refractivity contribution in [1.82, 2.24) is 20.2 Å². The summed E-state index contributed by atoms with van der Waals surface area (Å²) < 4.78 is 29.5. The van der Waals surface area contributed by atoms with Crippen LogP contribution >= 0.6 is 11.8 Å². The number of carbonyl (C=O) groups excluding carboxylic acids is 1. The SMILES string of the molecule is Cc1ccccc1-n1nnnc1SCC(=O)O[C@H]1CCS(=O)(=O)C1. The number of aromatic nitrogens is 4. The lowest BCUT2D eigenvalue weighted by Crippen LogP contribution is -2.20. The van der Waals surface area contributed by atoms with E-state index in [4.69, 9.17) is 4.74 Å². The number of nitrogens with zero attached hydrogens (tertiary/aromatic N) is 4. The number of sulfone groups is 1. The maximum absolute atomic E-state index is 11.9. The molecule has 0 radical (unpaired) electrons. The molecule has 128 valence electrons. The minimum atomic E-state index is -3.07. The summed E-state index contributed by atoms with van der Waals surface area (Å²) in [6, 6.07) is 7.63. The Labute approximate surface area is 143 Å². The molecule has 10 heteroatoms. The number of hydrogen-bond donors (Lipinski definition) is 0. The molecule has 0 aliphatic carbocycles. The van der Waals surface area contributed by atoms with E-state index in [9.17, 15) is 13.2 Å². The Morgan fingerprint density at radius 3 is 2.92 bits per heavy atom. The summed E-state index contributed by atoms with van der Waals surface area (Å²) in [4.78, 5) is 11.9. The molecular weight excluding hydrogens is 352 g/mol. The van der Waals surface area contributed by atoms with Crippen molar-refractivity contribution in [2.75, 3.05) is 17.3 Å². The standard InChI is InChI=1S/C14H16N4O4S2/c1-10-4-2-3-5-12(10)18-14(15-16-17-18)23-8-13(19)22-11-6-7-24(20,21)9-11/h2-5,11H,6-9H2,1H3/t11-/m0/s1. The minimum absolute atomic E-state index is 0.0167. The van der Waals surface area contributed by atoms with Gasteiger partial charge in [0.1, 0.15) is 6.10 Å². The highest BCUT2D eigenvalue weighted by Gasteiger charge is 2.30. The van der Waals surface area contributed by atoms with Gasteiger partial charge in [-0.05, 0) is 35.4 Å². The zero-order chi connectivity index (χ0) is 17.2. The largest absolute Gasteiger partial charge is 0.461 e. The Kier molecular flexibility index (Phi) is 4.86. The fourth-order valence-corrected chi connectivity index (χ4v) is 4.67. The first-order chi connectivity index (χ1) is 11.4. The van der Waals surface area contributed by atoms with Crippen LogP contribution < -0.4 is 0 Å². The van der Waals surface area contributed by atoms with Crippen LogP contribution in [0.1, 0.15) is 12.0 Å². The molecule has 1 aromatic heterocycles. The van der Waals surface area contributed by atoms with E-state index in [1.54, 1.807) is 4.68 Å². The zero-order valence-corrected chi connectivity index (χ0v) is 14.6. The number of benzene rings is 1. The predicted molar refractivity (Wildman–Crippen MR) is 87.8 cm³/mol. The van der Waals surface area contributed by atoms with Crippen molar-refractivity contribution in [3.05, 3.63) is 29.8 Å². The fourth-order valence-electron chi connectivity index (χ4n) is 2.42. The summed E-state index contributed by atoms with van der Waals surface area (Å²) in [6.45, 7) is 1.94. The van der Waals surface area contributed by atoms with Gasteiger partial charge >= 0.3 is 5.97 Å². The van der Waals surface area contributed by atoms with Crippen LogP contribution in [-0.2, 0) is 19.4 Å². The number of aryl methyl sites for hydroxylation is 1. The Hall–Kier alpha value is -1.94. The number of esters is 1. The van der Waals surface area contributed by atoms with Gasteiger partial charge in [-0.3, -0.25) is 4.79 Å². The molecule has 2 heterocycles. The number of hydrogen-bond acceptors (Lipinski definition) is 8. The molecule has 1 atom stereocenters. The molecule has 0 saturated carbocycles. The third kappa shape index (κ3) is 3.93. The topological polar surface area (TPSA) is 104 Å². The summed E-state index contributed by atoms with van der Waals surface area (Å²) in [5, 5.41) is 12.0. The summed E-state index contributed by atoms with van der Waals surface area (Å²) in [7, 11) is -3.07. The molecule has 1 fully saturated rings. The van der Waals surface area contributed by atoms with Gasteiger partial charge in [-0.2, -0.15) is 4.68 Å². The molecule has 3 rings (SSSR count). The van der Waals surface area contributed by atoms with Crippen LogP contribution in [0.25, 0.3) is 5.69 Å². The van der Waals surface area contributed by atoms with Crippen LogP contribution in [0.4, 0.5) is 0 Å². The zero-order valence-electron chi connectivity index (χ0n) is 13.0. The van der Waals surface area contributed by atoms with Crippen LogP contribution in [-0.4, -0.2) is 58.0 Å². The van der Waals surface area contributed by atoms with E-state index in [0.29, 0.717) is 11.6 Å². The van der Waals surface area contributed by atoms with Gasteiger partial charge in [-0.25, -0.2) is 8.42 Å². The van der Waals surface area contributed by atoms with Crippen LogP contribution in [0.2, 0.25) is 0 Å². The molecular formula is C14H16N4O4S2. The molecule has 0 spiro atoms. The third-order valence-electron chi connectivity index (χ3n) is 3.59. The molecule has 24 heavy (non-hydrogen) atoms. The van der Waals surface area contributed by atoms with Crippen molar-refractivity contribution in [2.45, 2.75) is 24.6 Å². The first kappa shape index (κ1) is 16.9. The minimum Gasteiger partial charge on any atom is -0.461 e. The van der Waals surface area contributed by atoms with Gasteiger partial charge < -0.3 is 4.74 Å². The van der Waals surface area contributed by atoms with Crippen molar-refractivity contribution in [3.63, 3.8) is 0 Å². The number of ether oxygens (including phenoxy) is 1. The van der Waals surface area contributed by atoms with Gasteiger partial charge in [0.05, 0.1) is 22.9 Å². The van der Waals surface area contributed by atoms with Crippen molar-refractivity contribution < 1.29 is 17.9 Å². The van der Waals surface area contributed by atoms with Gasteiger partial charge in [-0.15, -0.1) is 5.10 Å². The molecule has 0 bridgehead atoms. The molecule has 0 N–H and O–H groups in total. The average molecular weight is 368 g/mol. The number of rotatable bonds is 5. The van der Waals surface area contributed by atoms with E-state index in [0.717, 1.165) is 23.0 Å². The Balaban J connectivity index is 1.61. The molecule has 1 aliphatic rings. The lowest BCUT2D eigenvalue weighted by atomic mass is 10.2.